The van der Waals surface area contributed by atoms with Crippen LogP contribution in [0.3, 0.4) is 0 Å². The summed E-state index contributed by atoms with van der Waals surface area (Å²) in [5.74, 6) is -0.885. The van der Waals surface area contributed by atoms with Gasteiger partial charge in [0.1, 0.15) is 6.04 Å². The molecule has 2 heterocycles. The van der Waals surface area contributed by atoms with Crippen molar-refractivity contribution in [2.24, 2.45) is 0 Å². The third kappa shape index (κ3) is 3.61. The largest absolute Gasteiger partial charge is 0.419 e. The molecule has 0 saturated carbocycles. The van der Waals surface area contributed by atoms with Gasteiger partial charge in [0.05, 0.1) is 5.52 Å². The third-order valence-corrected chi connectivity index (χ3v) is 4.87. The normalized spacial score (nSPS) is 18.3. The molecule has 2 amide bonds. The third-order valence-electron chi connectivity index (χ3n) is 4.63. The van der Waals surface area contributed by atoms with Crippen LogP contribution in [0.2, 0.25) is 5.02 Å². The molecule has 1 N–H and O–H groups in total. The van der Waals surface area contributed by atoms with Crippen LogP contribution in [0.15, 0.2) is 27.4 Å². The molecule has 0 aliphatic carbocycles. The van der Waals surface area contributed by atoms with Crippen molar-refractivity contribution in [3.05, 3.63) is 33.8 Å². The average Bonchev–Trinajstić information content (AvgIpc) is 2.92. The van der Waals surface area contributed by atoms with E-state index in [-0.39, 0.29) is 24.8 Å². The maximum atomic E-state index is 12.7. The molecule has 9 heteroatoms. The number of aromatic nitrogens is 1. The maximum Gasteiger partial charge on any atom is 0.419 e. The van der Waals surface area contributed by atoms with Gasteiger partial charge in [-0.2, -0.15) is 0 Å². The molecule has 1 aromatic carbocycles. The predicted molar refractivity (Wildman–Crippen MR) is 97.2 cm³/mol. The van der Waals surface area contributed by atoms with Crippen molar-refractivity contribution in [2.75, 3.05) is 33.7 Å². The van der Waals surface area contributed by atoms with Gasteiger partial charge in [-0.1, -0.05) is 11.6 Å². The minimum absolute atomic E-state index is 0.106. The molecule has 140 valence electrons. The fraction of sp³-hybridized carbons (Fsp3) is 0.471. The topological polar surface area (TPSA) is 87.8 Å². The molecule has 1 unspecified atom stereocenters. The standard InChI is InChI=1S/C17H21ClN4O4/c1-19-16(24)13-10-20(2)7-8-21(13)15(23)5-6-22-12-4-3-11(18)9-14(12)26-17(22)25/h3-4,9,13H,5-8,10H2,1-2H3,(H,19,24). The van der Waals surface area contributed by atoms with E-state index >= 15 is 0 Å². The number of hydrogen-bond donors (Lipinski definition) is 1. The molecule has 8 nitrogen and oxygen atoms in total. The number of nitrogens with one attached hydrogen (secondary N) is 1. The Morgan fingerprint density at radius 1 is 1.35 bits per heavy atom. The summed E-state index contributed by atoms with van der Waals surface area (Å²) in [6.07, 6.45) is 0.106. The molecule has 1 atom stereocenters. The molecular weight excluding hydrogens is 360 g/mol. The van der Waals surface area contributed by atoms with Gasteiger partial charge >= 0.3 is 5.76 Å². The van der Waals surface area contributed by atoms with E-state index in [9.17, 15) is 14.4 Å². The number of hydrogen-bond acceptors (Lipinski definition) is 5. The van der Waals surface area contributed by atoms with Crippen molar-refractivity contribution < 1.29 is 14.0 Å². The Morgan fingerprint density at radius 2 is 2.12 bits per heavy atom. The second-order valence-corrected chi connectivity index (χ2v) is 6.80. The first-order valence-corrected chi connectivity index (χ1v) is 8.77. The van der Waals surface area contributed by atoms with E-state index in [1.54, 1.807) is 30.1 Å². The highest BCUT2D eigenvalue weighted by Crippen LogP contribution is 2.19. The Morgan fingerprint density at radius 3 is 2.85 bits per heavy atom. The van der Waals surface area contributed by atoms with E-state index in [4.69, 9.17) is 16.0 Å². The minimum atomic E-state index is -0.531. The van der Waals surface area contributed by atoms with Gasteiger partial charge in [0.15, 0.2) is 5.58 Å². The van der Waals surface area contributed by atoms with Gasteiger partial charge in [-0.15, -0.1) is 0 Å². The lowest BCUT2D eigenvalue weighted by molar-refractivity contribution is -0.143. The fourth-order valence-electron chi connectivity index (χ4n) is 3.21. The highest BCUT2D eigenvalue weighted by atomic mass is 35.5. The molecule has 1 aromatic heterocycles. The van der Waals surface area contributed by atoms with Crippen molar-refractivity contribution in [3.8, 4) is 0 Å². The molecule has 26 heavy (non-hydrogen) atoms. The number of halogens is 1. The van der Waals surface area contributed by atoms with Gasteiger partial charge in [0.25, 0.3) is 0 Å². The molecule has 1 fully saturated rings. The zero-order valence-corrected chi connectivity index (χ0v) is 15.5. The van der Waals surface area contributed by atoms with Crippen LogP contribution in [-0.2, 0) is 16.1 Å². The fourth-order valence-corrected chi connectivity index (χ4v) is 3.37. The minimum Gasteiger partial charge on any atom is -0.408 e. The van der Waals surface area contributed by atoms with Crippen molar-refractivity contribution >= 4 is 34.5 Å². The Balaban J connectivity index is 1.75. The van der Waals surface area contributed by atoms with E-state index < -0.39 is 11.8 Å². The molecule has 3 rings (SSSR count). The number of nitrogens with zero attached hydrogens (tertiary/aromatic N) is 3. The van der Waals surface area contributed by atoms with Crippen LogP contribution in [0.4, 0.5) is 0 Å². The number of piperazine rings is 1. The predicted octanol–water partition coefficient (Wildman–Crippen LogP) is 0.527. The van der Waals surface area contributed by atoms with E-state index in [0.29, 0.717) is 35.8 Å². The Bertz CT molecular complexity index is 891. The summed E-state index contributed by atoms with van der Waals surface area (Å²) in [4.78, 5) is 40.5. The lowest BCUT2D eigenvalue weighted by atomic mass is 10.1. The van der Waals surface area contributed by atoms with Gasteiger partial charge in [-0.05, 0) is 19.2 Å². The van der Waals surface area contributed by atoms with Crippen LogP contribution in [0.5, 0.6) is 0 Å². The highest BCUT2D eigenvalue weighted by Gasteiger charge is 2.33. The Hall–Kier alpha value is -2.32. The van der Waals surface area contributed by atoms with Gasteiger partial charge in [0.2, 0.25) is 11.8 Å². The molecule has 1 aliphatic rings. The smallest absolute Gasteiger partial charge is 0.408 e. The first kappa shape index (κ1) is 18.5. The van der Waals surface area contributed by atoms with Gasteiger partial charge in [-0.25, -0.2) is 4.79 Å². The van der Waals surface area contributed by atoms with Gasteiger partial charge in [0, 0.05) is 50.7 Å². The van der Waals surface area contributed by atoms with Crippen molar-refractivity contribution in [3.63, 3.8) is 0 Å². The lowest BCUT2D eigenvalue weighted by Gasteiger charge is -2.38. The number of likely N-dealkylation sites (N-methyl/N-ethyl adjacent to an activating group) is 2. The van der Waals surface area contributed by atoms with Crippen molar-refractivity contribution in [2.45, 2.75) is 19.0 Å². The molecule has 2 aromatic rings. The van der Waals surface area contributed by atoms with E-state index in [0.717, 1.165) is 0 Å². The molecular formula is C17H21ClN4O4. The van der Waals surface area contributed by atoms with Crippen molar-refractivity contribution in [1.82, 2.24) is 19.7 Å². The van der Waals surface area contributed by atoms with Crippen LogP contribution in [-0.4, -0.2) is 66.0 Å². The molecule has 1 saturated heterocycles. The van der Waals surface area contributed by atoms with Crippen LogP contribution in [0.1, 0.15) is 6.42 Å². The number of carbonyl (C=O) groups is 2. The number of carbonyl (C=O) groups excluding carboxylic acids is 2. The number of fused-ring (bicyclic) bond motifs is 1. The number of rotatable bonds is 4. The number of benzene rings is 1. The van der Waals surface area contributed by atoms with E-state index in [2.05, 4.69) is 5.32 Å². The van der Waals surface area contributed by atoms with Gasteiger partial charge < -0.3 is 19.5 Å². The average molecular weight is 381 g/mol. The quantitative estimate of drug-likeness (QED) is 0.835. The second kappa shape index (κ2) is 7.51. The summed E-state index contributed by atoms with van der Waals surface area (Å²) in [6, 6.07) is 4.40. The summed E-state index contributed by atoms with van der Waals surface area (Å²) < 4.78 is 6.59. The summed E-state index contributed by atoms with van der Waals surface area (Å²) >= 11 is 5.91. The Kier molecular flexibility index (Phi) is 5.33. The van der Waals surface area contributed by atoms with E-state index in [1.165, 1.54) is 4.57 Å². The second-order valence-electron chi connectivity index (χ2n) is 6.36. The highest BCUT2D eigenvalue weighted by molar-refractivity contribution is 6.31. The number of oxazole rings is 1. The SMILES string of the molecule is CNC(=O)C1CN(C)CCN1C(=O)CCn1c(=O)oc2cc(Cl)ccc21. The summed E-state index contributed by atoms with van der Waals surface area (Å²) in [5, 5.41) is 3.08. The number of amides is 2. The number of aryl methyl sites for hydroxylation is 1. The molecule has 0 bridgehead atoms. The monoisotopic (exact) mass is 380 g/mol. The van der Waals surface area contributed by atoms with Crippen LogP contribution < -0.4 is 11.1 Å². The Labute approximate surface area is 155 Å². The van der Waals surface area contributed by atoms with E-state index in [1.807, 2.05) is 11.9 Å². The van der Waals surface area contributed by atoms with Crippen LogP contribution >= 0.6 is 11.6 Å². The van der Waals surface area contributed by atoms with Crippen LogP contribution in [0, 0.1) is 0 Å². The first-order valence-electron chi connectivity index (χ1n) is 8.39. The van der Waals surface area contributed by atoms with Crippen LogP contribution in [0.25, 0.3) is 11.1 Å². The maximum absolute atomic E-state index is 12.7. The van der Waals surface area contributed by atoms with Crippen molar-refractivity contribution in [1.29, 1.82) is 0 Å². The zero-order valence-electron chi connectivity index (χ0n) is 14.7. The summed E-state index contributed by atoms with van der Waals surface area (Å²) in [6.45, 7) is 1.84. The lowest BCUT2D eigenvalue weighted by Crippen LogP contribution is -2.59. The summed E-state index contributed by atoms with van der Waals surface area (Å²) in [5.41, 5.74) is 0.978. The zero-order chi connectivity index (χ0) is 18.8. The molecule has 0 spiro atoms. The molecule has 0 radical (unpaired) electrons. The van der Waals surface area contributed by atoms with Gasteiger partial charge in [-0.3, -0.25) is 14.2 Å². The molecule has 1 aliphatic heterocycles. The first-order chi connectivity index (χ1) is 12.4. The summed E-state index contributed by atoms with van der Waals surface area (Å²) in [7, 11) is 3.47.